The minimum absolute atomic E-state index is 1.36. The van der Waals surface area contributed by atoms with Crippen LogP contribution in [-0.2, 0) is 0 Å². The Morgan fingerprint density at radius 2 is 1.00 bits per heavy atom. The van der Waals surface area contributed by atoms with Crippen LogP contribution in [0.3, 0.4) is 0 Å². The SMILES string of the molecule is c1ccc2c(c1)sc1cccc3sc4cccc2c4c13. The number of hydrogen-bond acceptors (Lipinski definition) is 2. The van der Waals surface area contributed by atoms with Gasteiger partial charge in [0.05, 0.1) is 0 Å². The molecule has 0 atom stereocenters. The highest BCUT2D eigenvalue weighted by atomic mass is 32.1. The largest absolute Gasteiger partial charge is 0.135 e. The third kappa shape index (κ3) is 1.30. The fourth-order valence-corrected chi connectivity index (χ4v) is 5.40. The summed E-state index contributed by atoms with van der Waals surface area (Å²) in [6.07, 6.45) is 0. The second-order valence-electron chi connectivity index (χ2n) is 5.01. The van der Waals surface area contributed by atoms with Crippen molar-refractivity contribution in [3.63, 3.8) is 0 Å². The number of benzene rings is 3. The molecule has 0 spiro atoms. The van der Waals surface area contributed by atoms with Gasteiger partial charge < -0.3 is 0 Å². The molecule has 20 heavy (non-hydrogen) atoms. The number of thiophene rings is 1. The van der Waals surface area contributed by atoms with Crippen molar-refractivity contribution in [1.29, 1.82) is 0 Å². The Morgan fingerprint density at radius 1 is 0.450 bits per heavy atom. The lowest BCUT2D eigenvalue weighted by Gasteiger charge is -1.97. The zero-order valence-electron chi connectivity index (χ0n) is 10.6. The third-order valence-electron chi connectivity index (χ3n) is 3.88. The van der Waals surface area contributed by atoms with E-state index in [0.29, 0.717) is 0 Å². The maximum absolute atomic E-state index is 2.26. The molecule has 0 nitrogen and oxygen atoms in total. The number of hydrogen-bond donors (Lipinski definition) is 0. The first kappa shape index (κ1) is 10.8. The zero-order valence-corrected chi connectivity index (χ0v) is 12.2. The molecule has 0 aliphatic heterocycles. The standard InChI is InChI=1S/C18H10S2/c1-2-7-13-11(5-1)12-6-3-8-14-17(12)18-15(19-13)9-4-10-16(18)20-14/h1-10H. The number of rotatable bonds is 0. The quantitative estimate of drug-likeness (QED) is 0.308. The van der Waals surface area contributed by atoms with Crippen molar-refractivity contribution in [3.8, 4) is 0 Å². The molecule has 0 amide bonds. The lowest BCUT2D eigenvalue weighted by Crippen LogP contribution is -1.70. The Balaban J connectivity index is 2.32. The average molecular weight is 290 g/mol. The first-order valence-corrected chi connectivity index (χ1v) is 8.26. The second kappa shape index (κ2) is 3.81. The highest BCUT2D eigenvalue weighted by Crippen LogP contribution is 2.43. The summed E-state index contributed by atoms with van der Waals surface area (Å²) in [4.78, 5) is 0. The highest BCUT2D eigenvalue weighted by Gasteiger charge is 2.12. The fourth-order valence-electron chi connectivity index (χ4n) is 3.04. The summed E-state index contributed by atoms with van der Waals surface area (Å²) in [6.45, 7) is 0. The average Bonchev–Trinajstić information content (AvgIpc) is 2.79. The van der Waals surface area contributed by atoms with Gasteiger partial charge in [-0.3, -0.25) is 0 Å². The van der Waals surface area contributed by atoms with Gasteiger partial charge in [0.15, 0.2) is 0 Å². The van der Waals surface area contributed by atoms with E-state index in [-0.39, 0.29) is 0 Å². The van der Waals surface area contributed by atoms with Crippen molar-refractivity contribution < 1.29 is 0 Å². The molecular formula is C18H10S2. The molecule has 3 aromatic carbocycles. The van der Waals surface area contributed by atoms with Crippen LogP contribution in [0, 0.1) is 0 Å². The normalized spacial score (nSPS) is 12.0. The van der Waals surface area contributed by atoms with Gasteiger partial charge in [-0.25, -0.2) is 0 Å². The van der Waals surface area contributed by atoms with Gasteiger partial charge in [0, 0.05) is 29.6 Å². The molecule has 5 aromatic rings. The van der Waals surface area contributed by atoms with Gasteiger partial charge in [0.2, 0.25) is 0 Å². The van der Waals surface area contributed by atoms with E-state index in [4.69, 9.17) is 0 Å². The van der Waals surface area contributed by atoms with Crippen LogP contribution in [0.1, 0.15) is 0 Å². The summed E-state index contributed by atoms with van der Waals surface area (Å²) in [5.74, 6) is 0. The second-order valence-corrected chi connectivity index (χ2v) is 7.18. The van der Waals surface area contributed by atoms with Crippen LogP contribution in [-0.4, -0.2) is 0 Å². The van der Waals surface area contributed by atoms with Crippen molar-refractivity contribution in [1.82, 2.24) is 0 Å². The molecule has 0 aliphatic rings. The predicted octanol–water partition coefficient (Wildman–Crippen LogP) is 6.42. The van der Waals surface area contributed by atoms with E-state index in [1.54, 1.807) is 0 Å². The Morgan fingerprint density at radius 3 is 1.85 bits per heavy atom. The predicted molar refractivity (Wildman–Crippen MR) is 92.2 cm³/mol. The fraction of sp³-hybridized carbons (Fsp3) is 0. The molecule has 0 saturated heterocycles. The Hall–Kier alpha value is -1.90. The topological polar surface area (TPSA) is 0 Å². The van der Waals surface area contributed by atoms with Gasteiger partial charge in [-0.15, -0.1) is 22.7 Å². The monoisotopic (exact) mass is 290 g/mol. The van der Waals surface area contributed by atoms with E-state index in [2.05, 4.69) is 60.7 Å². The van der Waals surface area contributed by atoms with Crippen LogP contribution in [0.25, 0.3) is 40.3 Å². The van der Waals surface area contributed by atoms with Gasteiger partial charge in [0.25, 0.3) is 0 Å². The van der Waals surface area contributed by atoms with Gasteiger partial charge in [-0.1, -0.05) is 36.4 Å². The third-order valence-corrected chi connectivity index (χ3v) is 6.14. The van der Waals surface area contributed by atoms with Crippen LogP contribution in [0.5, 0.6) is 0 Å². The first-order chi connectivity index (χ1) is 9.92. The summed E-state index contributed by atoms with van der Waals surface area (Å²) in [7, 11) is 0. The van der Waals surface area contributed by atoms with Crippen LogP contribution in [0.2, 0.25) is 0 Å². The van der Waals surface area contributed by atoms with Crippen LogP contribution in [0.4, 0.5) is 0 Å². The lowest BCUT2D eigenvalue weighted by atomic mass is 10.1. The van der Waals surface area contributed by atoms with Gasteiger partial charge >= 0.3 is 0 Å². The molecule has 2 heterocycles. The van der Waals surface area contributed by atoms with E-state index >= 15 is 0 Å². The molecule has 0 unspecified atom stereocenters. The minimum atomic E-state index is 1.36. The van der Waals surface area contributed by atoms with Crippen molar-refractivity contribution in [3.05, 3.63) is 60.7 Å². The van der Waals surface area contributed by atoms with Crippen LogP contribution in [0.15, 0.2) is 60.7 Å². The molecule has 2 aromatic heterocycles. The van der Waals surface area contributed by atoms with Crippen molar-refractivity contribution >= 4 is 63.0 Å². The van der Waals surface area contributed by atoms with E-state index in [1.165, 1.54) is 40.3 Å². The Kier molecular flexibility index (Phi) is 2.07. The smallest absolute Gasteiger partial charge is 0.0369 e. The number of fused-ring (bicyclic) bond motifs is 2. The lowest BCUT2D eigenvalue weighted by molar-refractivity contribution is 1.85. The first-order valence-electron chi connectivity index (χ1n) is 6.63. The van der Waals surface area contributed by atoms with Crippen molar-refractivity contribution in [2.24, 2.45) is 0 Å². The summed E-state index contributed by atoms with van der Waals surface area (Å²) in [6, 6.07) is 22.1. The minimum Gasteiger partial charge on any atom is -0.135 e. The van der Waals surface area contributed by atoms with E-state index < -0.39 is 0 Å². The van der Waals surface area contributed by atoms with E-state index in [9.17, 15) is 0 Å². The van der Waals surface area contributed by atoms with Gasteiger partial charge in [0.1, 0.15) is 0 Å². The summed E-state index contributed by atoms with van der Waals surface area (Å²) < 4.78 is 5.52. The highest BCUT2D eigenvalue weighted by molar-refractivity contribution is 7.29. The van der Waals surface area contributed by atoms with Gasteiger partial charge in [-0.05, 0) is 35.0 Å². The van der Waals surface area contributed by atoms with E-state index in [1.807, 2.05) is 22.7 Å². The molecule has 0 aliphatic carbocycles. The molecule has 0 saturated carbocycles. The van der Waals surface area contributed by atoms with Crippen LogP contribution >= 0.6 is 22.7 Å². The summed E-state index contributed by atoms with van der Waals surface area (Å²) in [5.41, 5.74) is 0. The Bertz CT molecular complexity index is 1100. The van der Waals surface area contributed by atoms with E-state index in [0.717, 1.165) is 0 Å². The molecule has 0 N–H and O–H groups in total. The van der Waals surface area contributed by atoms with Crippen LogP contribution < -0.4 is 0 Å². The Labute approximate surface area is 123 Å². The maximum atomic E-state index is 2.26. The maximum Gasteiger partial charge on any atom is 0.0369 e. The summed E-state index contributed by atoms with van der Waals surface area (Å²) >= 11 is 3.79. The molecule has 0 radical (unpaired) electrons. The van der Waals surface area contributed by atoms with Gasteiger partial charge in [-0.2, -0.15) is 0 Å². The summed E-state index contributed by atoms with van der Waals surface area (Å²) in [5, 5.41) is 5.60. The molecular weight excluding hydrogens is 280 g/mol. The molecule has 0 bridgehead atoms. The molecule has 0 fully saturated rings. The van der Waals surface area contributed by atoms with Crippen molar-refractivity contribution in [2.45, 2.75) is 0 Å². The zero-order chi connectivity index (χ0) is 13.1. The van der Waals surface area contributed by atoms with Crippen molar-refractivity contribution in [2.75, 3.05) is 0 Å². The molecule has 2 heteroatoms. The molecule has 94 valence electrons. The molecule has 5 rings (SSSR count).